The first-order chi connectivity index (χ1) is 13.6. The van der Waals surface area contributed by atoms with Gasteiger partial charge in [0.15, 0.2) is 0 Å². The van der Waals surface area contributed by atoms with E-state index in [0.29, 0.717) is 18.9 Å². The molecule has 0 radical (unpaired) electrons. The van der Waals surface area contributed by atoms with Crippen LogP contribution in [0, 0.1) is 5.92 Å². The molecule has 4 nitrogen and oxygen atoms in total. The molecular formula is C24H33NO3. The first-order valence-corrected chi connectivity index (χ1v) is 10.3. The number of hydrogen-bond acceptors (Lipinski definition) is 3. The molecule has 2 rings (SSSR count). The van der Waals surface area contributed by atoms with Crippen molar-refractivity contribution in [1.29, 1.82) is 0 Å². The van der Waals surface area contributed by atoms with Crippen LogP contribution in [0.5, 0.6) is 5.75 Å². The number of hydrogen-bond donors (Lipinski definition) is 2. The fraction of sp³-hybridized carbons (Fsp3) is 0.458. The minimum absolute atomic E-state index is 0.0382. The molecular weight excluding hydrogens is 350 g/mol. The summed E-state index contributed by atoms with van der Waals surface area (Å²) in [7, 11) is 0. The van der Waals surface area contributed by atoms with E-state index in [1.165, 1.54) is 5.56 Å². The molecule has 2 N–H and O–H groups in total. The predicted molar refractivity (Wildman–Crippen MR) is 113 cm³/mol. The summed E-state index contributed by atoms with van der Waals surface area (Å²) in [6.07, 6.45) is 4.42. The molecule has 0 bridgehead atoms. The molecule has 2 aromatic carbocycles. The lowest BCUT2D eigenvalue weighted by Crippen LogP contribution is -2.30. The number of rotatable bonds is 12. The lowest BCUT2D eigenvalue weighted by molar-refractivity contribution is -0.122. The molecule has 0 fully saturated rings. The third-order valence-corrected chi connectivity index (χ3v) is 4.83. The highest BCUT2D eigenvalue weighted by Gasteiger charge is 2.14. The van der Waals surface area contributed by atoms with Gasteiger partial charge in [-0.1, -0.05) is 62.7 Å². The Hall–Kier alpha value is -2.33. The van der Waals surface area contributed by atoms with Crippen molar-refractivity contribution in [2.45, 2.75) is 52.0 Å². The number of nitrogens with one attached hydrogen (secondary N) is 1. The zero-order chi connectivity index (χ0) is 20.2. The fourth-order valence-corrected chi connectivity index (χ4v) is 3.21. The van der Waals surface area contributed by atoms with Gasteiger partial charge in [-0.05, 0) is 48.4 Å². The van der Waals surface area contributed by atoms with Gasteiger partial charge in [0.25, 0.3) is 0 Å². The van der Waals surface area contributed by atoms with E-state index in [0.717, 1.165) is 37.0 Å². The van der Waals surface area contributed by atoms with Gasteiger partial charge in [-0.3, -0.25) is 4.79 Å². The van der Waals surface area contributed by atoms with E-state index in [1.807, 2.05) is 42.5 Å². The fourth-order valence-electron chi connectivity index (χ4n) is 3.21. The predicted octanol–water partition coefficient (Wildman–Crippen LogP) is 4.67. The smallest absolute Gasteiger partial charge is 0.220 e. The van der Waals surface area contributed by atoms with Crippen LogP contribution < -0.4 is 10.1 Å². The largest absolute Gasteiger partial charge is 0.493 e. The van der Waals surface area contributed by atoms with Crippen molar-refractivity contribution in [3.05, 3.63) is 65.7 Å². The molecule has 0 aliphatic heterocycles. The van der Waals surface area contributed by atoms with Gasteiger partial charge in [-0.15, -0.1) is 0 Å². The number of aliphatic hydroxyl groups excluding tert-OH is 1. The summed E-state index contributed by atoms with van der Waals surface area (Å²) >= 11 is 0. The Balaban J connectivity index is 1.79. The van der Waals surface area contributed by atoms with Crippen molar-refractivity contribution in [3.8, 4) is 5.75 Å². The van der Waals surface area contributed by atoms with E-state index in [2.05, 4.69) is 31.3 Å². The number of aliphatic hydroxyl groups is 1. The van der Waals surface area contributed by atoms with Crippen LogP contribution in [-0.2, 0) is 11.2 Å². The van der Waals surface area contributed by atoms with Crippen LogP contribution in [0.1, 0.15) is 56.7 Å². The van der Waals surface area contributed by atoms with Crippen LogP contribution in [0.2, 0.25) is 0 Å². The van der Waals surface area contributed by atoms with Gasteiger partial charge < -0.3 is 15.2 Å². The molecule has 0 aromatic heterocycles. The molecule has 2 aromatic rings. The van der Waals surface area contributed by atoms with Gasteiger partial charge >= 0.3 is 0 Å². The molecule has 0 saturated heterocycles. The minimum Gasteiger partial charge on any atom is -0.493 e. The summed E-state index contributed by atoms with van der Waals surface area (Å²) < 4.78 is 5.82. The summed E-state index contributed by atoms with van der Waals surface area (Å²) in [5.41, 5.74) is 2.12. The molecule has 0 aliphatic carbocycles. The maximum absolute atomic E-state index is 12.2. The molecule has 1 amide bonds. The van der Waals surface area contributed by atoms with Crippen LogP contribution >= 0.6 is 0 Å². The van der Waals surface area contributed by atoms with Crippen LogP contribution in [0.3, 0.4) is 0 Å². The van der Waals surface area contributed by atoms with E-state index < -0.39 is 6.04 Å². The lowest BCUT2D eigenvalue weighted by Gasteiger charge is -2.18. The first-order valence-electron chi connectivity index (χ1n) is 10.3. The summed E-state index contributed by atoms with van der Waals surface area (Å²) in [4.78, 5) is 12.2. The van der Waals surface area contributed by atoms with Crippen LogP contribution in [0.25, 0.3) is 0 Å². The normalized spacial score (nSPS) is 13.0. The van der Waals surface area contributed by atoms with Crippen molar-refractivity contribution < 1.29 is 14.6 Å². The van der Waals surface area contributed by atoms with Crippen LogP contribution in [0.4, 0.5) is 0 Å². The van der Waals surface area contributed by atoms with Gasteiger partial charge in [0.1, 0.15) is 5.75 Å². The Morgan fingerprint density at radius 3 is 2.46 bits per heavy atom. The van der Waals surface area contributed by atoms with Crippen LogP contribution in [0.15, 0.2) is 54.6 Å². The summed E-state index contributed by atoms with van der Waals surface area (Å²) in [6.45, 7) is 4.94. The van der Waals surface area contributed by atoms with Crippen LogP contribution in [-0.4, -0.2) is 24.2 Å². The summed E-state index contributed by atoms with van der Waals surface area (Å²) in [5.74, 6) is 1.31. The van der Waals surface area contributed by atoms with Gasteiger partial charge in [-0.2, -0.15) is 0 Å². The SMILES string of the molecule is CCCC(C)COc1ccc([C@H](CO)NC(=O)CCCc2ccccc2)cc1. The van der Waals surface area contributed by atoms with Crippen molar-refractivity contribution in [2.75, 3.05) is 13.2 Å². The number of carbonyl (C=O) groups is 1. The zero-order valence-corrected chi connectivity index (χ0v) is 17.1. The van der Waals surface area contributed by atoms with E-state index in [9.17, 15) is 9.90 Å². The molecule has 28 heavy (non-hydrogen) atoms. The zero-order valence-electron chi connectivity index (χ0n) is 17.1. The Morgan fingerprint density at radius 1 is 1.11 bits per heavy atom. The number of carbonyl (C=O) groups excluding carboxylic acids is 1. The third kappa shape index (κ3) is 7.73. The van der Waals surface area contributed by atoms with Gasteiger partial charge in [0.05, 0.1) is 19.3 Å². The Bertz CT molecular complexity index is 685. The first kappa shape index (κ1) is 22.0. The molecule has 4 heteroatoms. The minimum atomic E-state index is -0.391. The highest BCUT2D eigenvalue weighted by atomic mass is 16.5. The Morgan fingerprint density at radius 2 is 1.82 bits per heavy atom. The lowest BCUT2D eigenvalue weighted by atomic mass is 10.1. The standard InChI is InChI=1S/C24H33NO3/c1-3-8-19(2)18-28-22-15-13-21(14-16-22)23(17-26)25-24(27)12-7-11-20-9-5-4-6-10-20/h4-6,9-10,13-16,19,23,26H,3,7-8,11-12,17-18H2,1-2H3,(H,25,27)/t19?,23-/m0/s1. The highest BCUT2D eigenvalue weighted by Crippen LogP contribution is 2.19. The average molecular weight is 384 g/mol. The highest BCUT2D eigenvalue weighted by molar-refractivity contribution is 5.76. The molecule has 152 valence electrons. The topological polar surface area (TPSA) is 58.6 Å². The van der Waals surface area contributed by atoms with Gasteiger partial charge in [-0.25, -0.2) is 0 Å². The molecule has 2 atom stereocenters. The molecule has 0 aliphatic rings. The van der Waals surface area contributed by atoms with Crippen molar-refractivity contribution in [1.82, 2.24) is 5.32 Å². The number of amides is 1. The third-order valence-electron chi connectivity index (χ3n) is 4.83. The Labute approximate surface area is 168 Å². The Kier molecular flexibility index (Phi) is 9.56. The number of aryl methyl sites for hydroxylation is 1. The maximum atomic E-state index is 12.2. The van der Waals surface area contributed by atoms with E-state index in [-0.39, 0.29) is 12.5 Å². The van der Waals surface area contributed by atoms with E-state index in [4.69, 9.17) is 4.74 Å². The monoisotopic (exact) mass is 383 g/mol. The second kappa shape index (κ2) is 12.2. The van der Waals surface area contributed by atoms with Crippen molar-refractivity contribution >= 4 is 5.91 Å². The second-order valence-corrected chi connectivity index (χ2v) is 7.42. The molecule has 0 saturated carbocycles. The number of ether oxygens (including phenoxy) is 1. The van der Waals surface area contributed by atoms with Crippen molar-refractivity contribution in [2.24, 2.45) is 5.92 Å². The quantitative estimate of drug-likeness (QED) is 0.560. The molecule has 1 unspecified atom stereocenters. The van der Waals surface area contributed by atoms with Crippen molar-refractivity contribution in [3.63, 3.8) is 0 Å². The average Bonchev–Trinajstić information content (AvgIpc) is 2.72. The van der Waals surface area contributed by atoms with E-state index >= 15 is 0 Å². The number of benzene rings is 2. The summed E-state index contributed by atoms with van der Waals surface area (Å²) in [6, 6.07) is 17.4. The summed E-state index contributed by atoms with van der Waals surface area (Å²) in [5, 5.41) is 12.6. The second-order valence-electron chi connectivity index (χ2n) is 7.42. The maximum Gasteiger partial charge on any atom is 0.220 e. The van der Waals surface area contributed by atoms with Gasteiger partial charge in [0.2, 0.25) is 5.91 Å². The van der Waals surface area contributed by atoms with E-state index in [1.54, 1.807) is 0 Å². The van der Waals surface area contributed by atoms with Gasteiger partial charge in [0, 0.05) is 6.42 Å². The molecule has 0 heterocycles. The molecule has 0 spiro atoms.